The molecular formula is C12H16N2O5S. The number of hydrogen-bond donors (Lipinski definition) is 1. The lowest BCUT2D eigenvalue weighted by Crippen LogP contribution is -2.37. The van der Waals surface area contributed by atoms with Gasteiger partial charge >= 0.3 is 0 Å². The second-order valence-corrected chi connectivity index (χ2v) is 6.57. The molecule has 110 valence electrons. The van der Waals surface area contributed by atoms with Crippen molar-refractivity contribution in [2.75, 3.05) is 26.6 Å². The molecule has 1 heterocycles. The Bertz CT molecular complexity index is 614. The van der Waals surface area contributed by atoms with Crippen LogP contribution in [-0.4, -0.2) is 45.3 Å². The Balaban J connectivity index is 1.88. The van der Waals surface area contributed by atoms with Gasteiger partial charge in [-0.2, -0.15) is 4.31 Å². The minimum absolute atomic E-state index is 0.199. The number of rotatable bonds is 5. The zero-order valence-electron chi connectivity index (χ0n) is 11.3. The minimum Gasteiger partial charge on any atom is -0.454 e. The van der Waals surface area contributed by atoms with E-state index in [0.717, 1.165) is 16.1 Å². The van der Waals surface area contributed by atoms with E-state index in [1.165, 1.54) is 7.05 Å². The zero-order valence-corrected chi connectivity index (χ0v) is 12.1. The second kappa shape index (κ2) is 5.68. The lowest BCUT2D eigenvalue weighted by Gasteiger charge is -2.13. The molecule has 1 aromatic rings. The van der Waals surface area contributed by atoms with Crippen LogP contribution in [0.5, 0.6) is 11.5 Å². The number of nitrogens with one attached hydrogen (secondary N) is 1. The summed E-state index contributed by atoms with van der Waals surface area (Å²) in [5, 5.41) is 2.65. The normalized spacial score (nSPS) is 13.6. The van der Waals surface area contributed by atoms with Crippen molar-refractivity contribution in [2.24, 2.45) is 0 Å². The van der Waals surface area contributed by atoms with Gasteiger partial charge in [0.15, 0.2) is 11.5 Å². The highest BCUT2D eigenvalue weighted by atomic mass is 32.2. The maximum absolute atomic E-state index is 11.6. The number of likely N-dealkylation sites (N-methyl/N-ethyl adjacent to an activating group) is 1. The number of carbonyl (C=O) groups excluding carboxylic acids is 1. The lowest BCUT2D eigenvalue weighted by atomic mass is 10.2. The first-order chi connectivity index (χ1) is 9.36. The van der Waals surface area contributed by atoms with Crippen molar-refractivity contribution in [3.63, 3.8) is 0 Å². The number of ether oxygens (including phenoxy) is 2. The van der Waals surface area contributed by atoms with E-state index < -0.39 is 10.0 Å². The number of sulfonamides is 1. The molecule has 1 N–H and O–H groups in total. The Hall–Kier alpha value is -1.80. The maximum Gasteiger partial charge on any atom is 0.235 e. The van der Waals surface area contributed by atoms with Gasteiger partial charge in [0.25, 0.3) is 0 Å². The number of benzene rings is 1. The number of amides is 1. The van der Waals surface area contributed by atoms with Crippen LogP contribution in [0.2, 0.25) is 0 Å². The topological polar surface area (TPSA) is 84.9 Å². The van der Waals surface area contributed by atoms with E-state index in [1.54, 1.807) is 12.1 Å². The molecule has 0 spiro atoms. The molecule has 1 aliphatic heterocycles. The van der Waals surface area contributed by atoms with Crippen LogP contribution in [0.1, 0.15) is 5.56 Å². The van der Waals surface area contributed by atoms with E-state index in [2.05, 4.69) is 5.32 Å². The minimum atomic E-state index is -3.35. The Labute approximate surface area is 117 Å². The molecule has 8 heteroatoms. The van der Waals surface area contributed by atoms with Crippen molar-refractivity contribution in [3.8, 4) is 11.5 Å². The molecule has 0 atom stereocenters. The summed E-state index contributed by atoms with van der Waals surface area (Å²) in [5.74, 6) is 0.956. The molecule has 0 aliphatic carbocycles. The highest BCUT2D eigenvalue weighted by Crippen LogP contribution is 2.32. The van der Waals surface area contributed by atoms with Crippen molar-refractivity contribution in [2.45, 2.75) is 6.54 Å². The summed E-state index contributed by atoms with van der Waals surface area (Å²) in [6.07, 6.45) is 1.05. The van der Waals surface area contributed by atoms with Gasteiger partial charge in [-0.25, -0.2) is 8.42 Å². The van der Waals surface area contributed by atoms with Gasteiger partial charge in [0.2, 0.25) is 22.7 Å². The molecule has 0 radical (unpaired) electrons. The summed E-state index contributed by atoms with van der Waals surface area (Å²) >= 11 is 0. The van der Waals surface area contributed by atoms with Crippen LogP contribution in [0.15, 0.2) is 18.2 Å². The molecule has 1 aromatic carbocycles. The zero-order chi connectivity index (χ0) is 14.8. The van der Waals surface area contributed by atoms with E-state index in [0.29, 0.717) is 18.0 Å². The van der Waals surface area contributed by atoms with E-state index >= 15 is 0 Å². The van der Waals surface area contributed by atoms with Crippen LogP contribution in [0.4, 0.5) is 0 Å². The van der Waals surface area contributed by atoms with Gasteiger partial charge in [-0.15, -0.1) is 0 Å². The largest absolute Gasteiger partial charge is 0.454 e. The van der Waals surface area contributed by atoms with Crippen LogP contribution < -0.4 is 14.8 Å². The highest BCUT2D eigenvalue weighted by Gasteiger charge is 2.16. The molecule has 0 bridgehead atoms. The second-order valence-electron chi connectivity index (χ2n) is 4.48. The first-order valence-corrected chi connectivity index (χ1v) is 7.77. The van der Waals surface area contributed by atoms with Gasteiger partial charge in [0.05, 0.1) is 12.8 Å². The summed E-state index contributed by atoms with van der Waals surface area (Å²) in [7, 11) is -2.00. The van der Waals surface area contributed by atoms with Gasteiger partial charge in [0, 0.05) is 13.6 Å². The fraction of sp³-hybridized carbons (Fsp3) is 0.417. The molecule has 0 aromatic heterocycles. The van der Waals surface area contributed by atoms with Gasteiger partial charge in [0.1, 0.15) is 0 Å². The molecule has 1 amide bonds. The van der Waals surface area contributed by atoms with Crippen molar-refractivity contribution >= 4 is 15.9 Å². The van der Waals surface area contributed by atoms with Gasteiger partial charge < -0.3 is 14.8 Å². The molecule has 7 nitrogen and oxygen atoms in total. The summed E-state index contributed by atoms with van der Waals surface area (Å²) < 4.78 is 33.8. The molecule has 2 rings (SSSR count). The maximum atomic E-state index is 11.6. The van der Waals surface area contributed by atoms with Crippen LogP contribution in [0.25, 0.3) is 0 Å². The standard InChI is InChI=1S/C12H16N2O5S/c1-14(20(2,16)17)7-12(15)13-6-9-3-4-10-11(5-9)19-8-18-10/h3-5H,6-8H2,1-2H3,(H,13,15). The Kier molecular flexibility index (Phi) is 4.15. The van der Waals surface area contributed by atoms with Crippen LogP contribution in [0, 0.1) is 0 Å². The number of nitrogens with zero attached hydrogens (tertiary/aromatic N) is 1. The molecule has 0 fully saturated rings. The predicted molar refractivity (Wildman–Crippen MR) is 71.9 cm³/mol. The van der Waals surface area contributed by atoms with Crippen molar-refractivity contribution < 1.29 is 22.7 Å². The molecule has 20 heavy (non-hydrogen) atoms. The Morgan fingerprint density at radius 3 is 2.75 bits per heavy atom. The van der Waals surface area contributed by atoms with Crippen molar-refractivity contribution in [3.05, 3.63) is 23.8 Å². The third-order valence-electron chi connectivity index (χ3n) is 2.86. The van der Waals surface area contributed by atoms with E-state index in [9.17, 15) is 13.2 Å². The summed E-state index contributed by atoms with van der Waals surface area (Å²) in [5.41, 5.74) is 0.851. The van der Waals surface area contributed by atoms with Gasteiger partial charge in [-0.3, -0.25) is 4.79 Å². The monoisotopic (exact) mass is 300 g/mol. The third kappa shape index (κ3) is 3.61. The van der Waals surface area contributed by atoms with Crippen molar-refractivity contribution in [1.82, 2.24) is 9.62 Å². The first-order valence-electron chi connectivity index (χ1n) is 5.93. The average molecular weight is 300 g/mol. The quantitative estimate of drug-likeness (QED) is 0.822. The van der Waals surface area contributed by atoms with Gasteiger partial charge in [-0.1, -0.05) is 6.07 Å². The lowest BCUT2D eigenvalue weighted by molar-refractivity contribution is -0.121. The number of hydrogen-bond acceptors (Lipinski definition) is 5. The molecule has 0 saturated heterocycles. The fourth-order valence-corrected chi connectivity index (χ4v) is 1.98. The Morgan fingerprint density at radius 1 is 1.35 bits per heavy atom. The fourth-order valence-electron chi connectivity index (χ4n) is 1.63. The Morgan fingerprint density at radius 2 is 2.05 bits per heavy atom. The predicted octanol–water partition coefficient (Wildman–Crippen LogP) is -0.0771. The number of carbonyl (C=O) groups is 1. The van der Waals surface area contributed by atoms with E-state index in [1.807, 2.05) is 6.07 Å². The summed E-state index contributed by atoms with van der Waals surface area (Å²) in [6.45, 7) is 0.292. The summed E-state index contributed by atoms with van der Waals surface area (Å²) in [6, 6.07) is 5.36. The molecular weight excluding hydrogens is 284 g/mol. The van der Waals surface area contributed by atoms with Gasteiger partial charge in [-0.05, 0) is 17.7 Å². The molecule has 0 unspecified atom stereocenters. The van der Waals surface area contributed by atoms with E-state index in [4.69, 9.17) is 9.47 Å². The molecule has 0 saturated carbocycles. The third-order valence-corrected chi connectivity index (χ3v) is 4.12. The first kappa shape index (κ1) is 14.6. The smallest absolute Gasteiger partial charge is 0.235 e. The molecule has 1 aliphatic rings. The number of fused-ring (bicyclic) bond motifs is 1. The van der Waals surface area contributed by atoms with Crippen LogP contribution in [-0.2, 0) is 21.4 Å². The van der Waals surface area contributed by atoms with Crippen LogP contribution in [0.3, 0.4) is 0 Å². The SMILES string of the molecule is CN(CC(=O)NCc1ccc2c(c1)OCO2)S(C)(=O)=O. The van der Waals surface area contributed by atoms with E-state index in [-0.39, 0.29) is 19.2 Å². The highest BCUT2D eigenvalue weighted by molar-refractivity contribution is 7.88. The average Bonchev–Trinajstić information content (AvgIpc) is 2.82. The summed E-state index contributed by atoms with van der Waals surface area (Å²) in [4.78, 5) is 11.6. The van der Waals surface area contributed by atoms with Crippen LogP contribution >= 0.6 is 0 Å². The van der Waals surface area contributed by atoms with Crippen molar-refractivity contribution in [1.29, 1.82) is 0 Å².